The molecule has 1 amide bonds. The molecule has 1 heterocycles. The van der Waals surface area contributed by atoms with Gasteiger partial charge in [-0.05, 0) is 44.1 Å². The number of piperidine rings is 1. The van der Waals surface area contributed by atoms with Crippen LogP contribution in [0.3, 0.4) is 0 Å². The van der Waals surface area contributed by atoms with E-state index in [4.69, 9.17) is 5.73 Å². The Labute approximate surface area is 147 Å². The first-order valence-corrected chi connectivity index (χ1v) is 8.29. The summed E-state index contributed by atoms with van der Waals surface area (Å²) in [7, 11) is 0. The van der Waals surface area contributed by atoms with Crippen molar-refractivity contribution in [1.29, 1.82) is 0 Å². The third-order valence-electron chi connectivity index (χ3n) is 4.83. The van der Waals surface area contributed by atoms with Gasteiger partial charge in [0.25, 0.3) is 0 Å². The van der Waals surface area contributed by atoms with Crippen LogP contribution >= 0.6 is 24.8 Å². The van der Waals surface area contributed by atoms with Gasteiger partial charge in [-0.3, -0.25) is 4.79 Å². The number of halogens is 2. The van der Waals surface area contributed by atoms with Gasteiger partial charge in [0, 0.05) is 19.6 Å². The number of amides is 1. The molecule has 6 heteroatoms. The minimum atomic E-state index is -0.575. The molecule has 0 aromatic rings. The molecular weight excluding hydrogens is 321 g/mol. The monoisotopic (exact) mass is 353 g/mol. The van der Waals surface area contributed by atoms with Gasteiger partial charge in [0.05, 0.1) is 5.54 Å². The Kier molecular flexibility index (Phi) is 9.95. The van der Waals surface area contributed by atoms with Crippen LogP contribution in [0, 0.1) is 11.8 Å². The lowest BCUT2D eigenvalue weighted by atomic mass is 9.92. The predicted octanol–water partition coefficient (Wildman–Crippen LogP) is 2.59. The predicted molar refractivity (Wildman–Crippen MR) is 96.9 cm³/mol. The lowest BCUT2D eigenvalue weighted by Gasteiger charge is -2.35. The summed E-state index contributed by atoms with van der Waals surface area (Å²) in [5.74, 6) is 1.67. The molecule has 2 aliphatic rings. The lowest BCUT2D eigenvalue weighted by molar-refractivity contribution is -0.126. The molecule has 3 N–H and O–H groups in total. The maximum Gasteiger partial charge on any atom is 0.240 e. The van der Waals surface area contributed by atoms with Gasteiger partial charge in [-0.2, -0.15) is 0 Å². The van der Waals surface area contributed by atoms with Crippen molar-refractivity contribution in [2.75, 3.05) is 26.2 Å². The highest BCUT2D eigenvalue weighted by molar-refractivity contribution is 5.86. The van der Waals surface area contributed by atoms with E-state index in [9.17, 15) is 4.79 Å². The zero-order valence-electron chi connectivity index (χ0n) is 14.0. The first kappa shape index (κ1) is 22.0. The first-order chi connectivity index (χ1) is 9.49. The Morgan fingerprint density at radius 2 is 1.73 bits per heavy atom. The first-order valence-electron chi connectivity index (χ1n) is 8.29. The van der Waals surface area contributed by atoms with Gasteiger partial charge in [0.2, 0.25) is 5.91 Å². The Morgan fingerprint density at radius 3 is 2.27 bits per heavy atom. The highest BCUT2D eigenvalue weighted by Crippen LogP contribution is 2.27. The topological polar surface area (TPSA) is 58.4 Å². The summed E-state index contributed by atoms with van der Waals surface area (Å²) in [6, 6.07) is 0. The number of nitrogens with two attached hydrogens (primary N) is 1. The quantitative estimate of drug-likeness (QED) is 0.746. The van der Waals surface area contributed by atoms with Crippen LogP contribution in [0.4, 0.5) is 0 Å². The van der Waals surface area contributed by atoms with Gasteiger partial charge in [0.1, 0.15) is 0 Å². The van der Waals surface area contributed by atoms with E-state index in [0.29, 0.717) is 0 Å². The third kappa shape index (κ3) is 6.23. The number of nitrogens with one attached hydrogen (secondary N) is 1. The largest absolute Gasteiger partial charge is 0.354 e. The number of hydrogen-bond acceptors (Lipinski definition) is 3. The third-order valence-corrected chi connectivity index (χ3v) is 4.83. The Bertz CT molecular complexity index is 325. The van der Waals surface area contributed by atoms with Crippen molar-refractivity contribution < 1.29 is 4.79 Å². The number of carbonyl (C=O) groups excluding carboxylic acids is 1. The number of rotatable bonds is 5. The second kappa shape index (κ2) is 9.96. The van der Waals surface area contributed by atoms with E-state index in [1.165, 1.54) is 19.5 Å². The van der Waals surface area contributed by atoms with Gasteiger partial charge < -0.3 is 16.0 Å². The molecule has 0 bridgehead atoms. The van der Waals surface area contributed by atoms with Crippen LogP contribution in [-0.4, -0.2) is 42.5 Å². The molecule has 0 spiro atoms. The summed E-state index contributed by atoms with van der Waals surface area (Å²) >= 11 is 0. The summed E-state index contributed by atoms with van der Waals surface area (Å²) in [6.07, 6.45) is 6.26. The molecule has 1 saturated carbocycles. The van der Waals surface area contributed by atoms with Crippen molar-refractivity contribution in [2.45, 2.75) is 57.9 Å². The summed E-state index contributed by atoms with van der Waals surface area (Å²) in [5, 5.41) is 3.04. The fourth-order valence-corrected chi connectivity index (χ4v) is 3.89. The fourth-order valence-electron chi connectivity index (χ4n) is 3.89. The molecule has 4 nitrogen and oxygen atoms in total. The molecule has 22 heavy (non-hydrogen) atoms. The van der Waals surface area contributed by atoms with Crippen molar-refractivity contribution in [1.82, 2.24) is 10.2 Å². The van der Waals surface area contributed by atoms with E-state index in [-0.39, 0.29) is 30.7 Å². The van der Waals surface area contributed by atoms with Gasteiger partial charge in [-0.25, -0.2) is 0 Å². The maximum absolute atomic E-state index is 12.1. The van der Waals surface area contributed by atoms with Crippen LogP contribution in [0.5, 0.6) is 0 Å². The minimum Gasteiger partial charge on any atom is -0.354 e. The number of hydrogen-bond donors (Lipinski definition) is 2. The summed E-state index contributed by atoms with van der Waals surface area (Å²) in [5.41, 5.74) is 5.57. The number of likely N-dealkylation sites (tertiary alicyclic amines) is 1. The van der Waals surface area contributed by atoms with Gasteiger partial charge >= 0.3 is 0 Å². The summed E-state index contributed by atoms with van der Waals surface area (Å²) in [6.45, 7) is 8.94. The van der Waals surface area contributed by atoms with E-state index in [1.54, 1.807) is 0 Å². The molecule has 2 atom stereocenters. The molecule has 1 aliphatic heterocycles. The van der Waals surface area contributed by atoms with Gasteiger partial charge in [-0.1, -0.05) is 26.7 Å². The summed E-state index contributed by atoms with van der Waals surface area (Å²) < 4.78 is 0. The van der Waals surface area contributed by atoms with Crippen LogP contribution in [-0.2, 0) is 4.79 Å². The van der Waals surface area contributed by atoms with Crippen molar-refractivity contribution >= 4 is 30.7 Å². The normalized spacial score (nSPS) is 27.6. The second-order valence-corrected chi connectivity index (χ2v) is 7.18. The van der Waals surface area contributed by atoms with E-state index < -0.39 is 5.54 Å². The van der Waals surface area contributed by atoms with Crippen molar-refractivity contribution in [3.63, 3.8) is 0 Å². The Balaban J connectivity index is 0.00000220. The molecule has 0 aromatic carbocycles. The van der Waals surface area contributed by atoms with Gasteiger partial charge in [-0.15, -0.1) is 24.8 Å². The zero-order chi connectivity index (χ0) is 14.6. The lowest BCUT2D eigenvalue weighted by Crippen LogP contribution is -2.52. The van der Waals surface area contributed by atoms with Crippen LogP contribution in [0.15, 0.2) is 0 Å². The highest BCUT2D eigenvalue weighted by Gasteiger charge is 2.36. The average molecular weight is 354 g/mol. The molecule has 2 rings (SSSR count). The van der Waals surface area contributed by atoms with E-state index in [2.05, 4.69) is 24.1 Å². The minimum absolute atomic E-state index is 0. The molecular formula is C16H33Cl2N3O. The van der Waals surface area contributed by atoms with Crippen molar-refractivity contribution in [3.05, 3.63) is 0 Å². The molecule has 1 aliphatic carbocycles. The molecule has 2 unspecified atom stereocenters. The molecule has 0 radical (unpaired) electrons. The molecule has 132 valence electrons. The smallest absolute Gasteiger partial charge is 0.240 e. The average Bonchev–Trinajstić information content (AvgIpc) is 2.81. The Morgan fingerprint density at radius 1 is 1.18 bits per heavy atom. The number of nitrogens with zero attached hydrogens (tertiary/aromatic N) is 1. The summed E-state index contributed by atoms with van der Waals surface area (Å²) in [4.78, 5) is 14.6. The number of carbonyl (C=O) groups is 1. The highest BCUT2D eigenvalue weighted by atomic mass is 35.5. The van der Waals surface area contributed by atoms with E-state index in [0.717, 1.165) is 57.0 Å². The second-order valence-electron chi connectivity index (χ2n) is 7.18. The maximum atomic E-state index is 12.1. The van der Waals surface area contributed by atoms with Crippen LogP contribution in [0.25, 0.3) is 0 Å². The zero-order valence-corrected chi connectivity index (χ0v) is 15.6. The van der Waals surface area contributed by atoms with E-state index >= 15 is 0 Å². The molecule has 1 saturated heterocycles. The molecule has 2 fully saturated rings. The van der Waals surface area contributed by atoms with Crippen LogP contribution in [0.1, 0.15) is 52.4 Å². The van der Waals surface area contributed by atoms with Crippen molar-refractivity contribution in [2.24, 2.45) is 17.6 Å². The standard InChI is InChI=1S/C16H31N3O.2ClH/c1-13-10-14(2)12-19(11-13)9-5-8-18-15(20)16(17)6-3-4-7-16;;/h13-14H,3-12,17H2,1-2H3,(H,18,20);2*1H. The Hall–Kier alpha value is -0.0300. The molecule has 0 aromatic heterocycles. The van der Waals surface area contributed by atoms with Crippen LogP contribution < -0.4 is 11.1 Å². The SMILES string of the molecule is CC1CC(C)CN(CCCNC(=O)C2(N)CCCC2)C1.Cl.Cl. The van der Waals surface area contributed by atoms with Gasteiger partial charge in [0.15, 0.2) is 0 Å². The van der Waals surface area contributed by atoms with Crippen molar-refractivity contribution in [3.8, 4) is 0 Å². The van der Waals surface area contributed by atoms with E-state index in [1.807, 2.05) is 0 Å². The van der Waals surface area contributed by atoms with Crippen LogP contribution in [0.2, 0.25) is 0 Å². The fraction of sp³-hybridized carbons (Fsp3) is 0.938.